The summed E-state index contributed by atoms with van der Waals surface area (Å²) in [4.78, 5) is 34.4. The molecule has 0 fully saturated rings. The summed E-state index contributed by atoms with van der Waals surface area (Å²) in [5.74, 6) is -2.56. The Bertz CT molecular complexity index is 373. The normalized spacial score (nSPS) is 14.1. The molecule has 0 spiro atoms. The number of hydrogen-bond donors (Lipinski definition) is 3. The highest BCUT2D eigenvalue weighted by molar-refractivity contribution is 5.87. The molecule has 8 heteroatoms. The van der Waals surface area contributed by atoms with Crippen molar-refractivity contribution in [3.05, 3.63) is 0 Å². The lowest BCUT2D eigenvalue weighted by Gasteiger charge is -2.21. The fraction of sp³-hybridized carbons (Fsp3) is 0.769. The number of methoxy groups -OCH3 is 1. The first-order valence-electron chi connectivity index (χ1n) is 6.56. The summed E-state index contributed by atoms with van der Waals surface area (Å²) >= 11 is 0. The van der Waals surface area contributed by atoms with Gasteiger partial charge in [0, 0.05) is 13.7 Å². The molecule has 0 rings (SSSR count). The zero-order valence-corrected chi connectivity index (χ0v) is 12.8. The van der Waals surface area contributed by atoms with E-state index in [-0.39, 0.29) is 13.0 Å². The summed E-state index contributed by atoms with van der Waals surface area (Å²) in [6.45, 7) is 5.14. The van der Waals surface area contributed by atoms with E-state index in [0.717, 1.165) is 0 Å². The van der Waals surface area contributed by atoms with Crippen LogP contribution in [0.5, 0.6) is 0 Å². The van der Waals surface area contributed by atoms with Crippen LogP contribution in [0.25, 0.3) is 0 Å². The van der Waals surface area contributed by atoms with Gasteiger partial charge >= 0.3 is 11.9 Å². The number of carbonyl (C=O) groups excluding carboxylic acids is 2. The third kappa shape index (κ3) is 8.98. The van der Waals surface area contributed by atoms with Crippen LogP contribution >= 0.6 is 0 Å². The number of ether oxygens (including phenoxy) is 2. The van der Waals surface area contributed by atoms with Crippen LogP contribution < -0.4 is 11.1 Å². The molecule has 0 aliphatic heterocycles. The standard InChI is InChI=1S/C13H24N2O6/c1-13(2,3)21-11(17)6-9(12(18)19)15-10(16)5-8(7-14)20-4/h8-9H,5-7,14H2,1-4H3,(H,15,16)(H,18,19)/t8?,9-/m0/s1. The second kappa shape index (κ2) is 8.58. The maximum Gasteiger partial charge on any atom is 0.326 e. The van der Waals surface area contributed by atoms with E-state index in [1.54, 1.807) is 20.8 Å². The summed E-state index contributed by atoms with van der Waals surface area (Å²) in [5.41, 5.74) is 4.66. The van der Waals surface area contributed by atoms with Gasteiger partial charge in [-0.1, -0.05) is 0 Å². The predicted molar refractivity (Wildman–Crippen MR) is 74.5 cm³/mol. The van der Waals surface area contributed by atoms with Crippen molar-refractivity contribution >= 4 is 17.8 Å². The Morgan fingerprint density at radius 1 is 1.24 bits per heavy atom. The smallest absolute Gasteiger partial charge is 0.326 e. The van der Waals surface area contributed by atoms with E-state index in [4.69, 9.17) is 20.3 Å². The molecule has 21 heavy (non-hydrogen) atoms. The lowest BCUT2D eigenvalue weighted by Crippen LogP contribution is -2.44. The second-order valence-electron chi connectivity index (χ2n) is 5.55. The fourth-order valence-corrected chi connectivity index (χ4v) is 1.47. The van der Waals surface area contributed by atoms with Crippen LogP contribution in [0.15, 0.2) is 0 Å². The van der Waals surface area contributed by atoms with Gasteiger partial charge in [-0.2, -0.15) is 0 Å². The summed E-state index contributed by atoms with van der Waals surface area (Å²) in [5, 5.41) is 11.3. The Balaban J connectivity index is 4.53. The molecule has 8 nitrogen and oxygen atoms in total. The lowest BCUT2D eigenvalue weighted by molar-refractivity contribution is -0.158. The molecule has 0 aliphatic rings. The molecule has 122 valence electrons. The van der Waals surface area contributed by atoms with E-state index in [1.807, 2.05) is 0 Å². The van der Waals surface area contributed by atoms with E-state index in [0.29, 0.717) is 0 Å². The van der Waals surface area contributed by atoms with Gasteiger partial charge in [-0.15, -0.1) is 0 Å². The number of carboxylic acid groups (broad SMARTS) is 1. The van der Waals surface area contributed by atoms with E-state index in [9.17, 15) is 14.4 Å². The number of carbonyl (C=O) groups is 3. The van der Waals surface area contributed by atoms with Crippen LogP contribution in [-0.2, 0) is 23.9 Å². The summed E-state index contributed by atoms with van der Waals surface area (Å²) < 4.78 is 9.96. The third-order valence-corrected chi connectivity index (χ3v) is 2.43. The van der Waals surface area contributed by atoms with Crippen molar-refractivity contribution in [2.75, 3.05) is 13.7 Å². The van der Waals surface area contributed by atoms with Crippen LogP contribution in [-0.4, -0.2) is 54.4 Å². The topological polar surface area (TPSA) is 128 Å². The molecule has 0 aromatic rings. The minimum Gasteiger partial charge on any atom is -0.480 e. The highest BCUT2D eigenvalue weighted by atomic mass is 16.6. The first kappa shape index (κ1) is 19.3. The molecule has 0 aromatic heterocycles. The molecule has 1 amide bonds. The number of rotatable bonds is 8. The minimum atomic E-state index is -1.34. The van der Waals surface area contributed by atoms with Crippen molar-refractivity contribution in [1.82, 2.24) is 5.32 Å². The number of amides is 1. The average molecular weight is 304 g/mol. The Hall–Kier alpha value is -1.67. The minimum absolute atomic E-state index is 0.0783. The summed E-state index contributed by atoms with van der Waals surface area (Å²) in [6, 6.07) is -1.34. The van der Waals surface area contributed by atoms with Crippen LogP contribution in [0, 0.1) is 0 Å². The molecule has 4 N–H and O–H groups in total. The molecule has 1 unspecified atom stereocenters. The Labute approximate surface area is 124 Å². The highest BCUT2D eigenvalue weighted by Gasteiger charge is 2.27. The van der Waals surface area contributed by atoms with Crippen molar-refractivity contribution in [3.8, 4) is 0 Å². The molecule has 0 radical (unpaired) electrons. The largest absolute Gasteiger partial charge is 0.480 e. The Kier molecular flexibility index (Phi) is 7.90. The number of carboxylic acids is 1. The quantitative estimate of drug-likeness (QED) is 0.523. The number of esters is 1. The molecule has 0 bridgehead atoms. The first-order chi connectivity index (χ1) is 9.58. The predicted octanol–water partition coefficient (Wildman–Crippen LogP) is -0.349. The van der Waals surface area contributed by atoms with Gasteiger partial charge in [0.05, 0.1) is 18.9 Å². The number of aliphatic carboxylic acids is 1. The third-order valence-electron chi connectivity index (χ3n) is 2.43. The average Bonchev–Trinajstić information content (AvgIpc) is 2.32. The SMILES string of the molecule is COC(CN)CC(=O)N[C@@H](CC(=O)OC(C)(C)C)C(=O)O. The second-order valence-corrected chi connectivity index (χ2v) is 5.55. The molecule has 0 heterocycles. The van der Waals surface area contributed by atoms with Crippen LogP contribution in [0.4, 0.5) is 0 Å². The van der Waals surface area contributed by atoms with E-state index in [2.05, 4.69) is 5.32 Å². The van der Waals surface area contributed by atoms with Crippen molar-refractivity contribution < 1.29 is 29.0 Å². The van der Waals surface area contributed by atoms with Gasteiger partial charge in [0.25, 0.3) is 0 Å². The fourth-order valence-electron chi connectivity index (χ4n) is 1.47. The molecule has 0 saturated carbocycles. The molecule has 0 aromatic carbocycles. The molecule has 0 saturated heterocycles. The maximum absolute atomic E-state index is 11.7. The zero-order chi connectivity index (χ0) is 16.6. The highest BCUT2D eigenvalue weighted by Crippen LogP contribution is 2.09. The van der Waals surface area contributed by atoms with Crippen LogP contribution in [0.3, 0.4) is 0 Å². The summed E-state index contributed by atoms with van der Waals surface area (Å²) in [6.07, 6.45) is -1.02. The van der Waals surface area contributed by atoms with Gasteiger partial charge in [0.2, 0.25) is 5.91 Å². The molecular formula is C13H24N2O6. The van der Waals surface area contributed by atoms with E-state index >= 15 is 0 Å². The van der Waals surface area contributed by atoms with Gasteiger partial charge in [0.15, 0.2) is 0 Å². The van der Waals surface area contributed by atoms with Gasteiger partial charge < -0.3 is 25.6 Å². The van der Waals surface area contributed by atoms with Crippen molar-refractivity contribution in [1.29, 1.82) is 0 Å². The molecular weight excluding hydrogens is 280 g/mol. The van der Waals surface area contributed by atoms with Crippen molar-refractivity contribution in [2.45, 2.75) is 51.4 Å². The lowest BCUT2D eigenvalue weighted by atomic mass is 10.1. The van der Waals surface area contributed by atoms with Gasteiger partial charge in [-0.25, -0.2) is 4.79 Å². The number of nitrogens with two attached hydrogens (primary N) is 1. The van der Waals surface area contributed by atoms with E-state index < -0.39 is 42.0 Å². The molecule has 2 atom stereocenters. The number of hydrogen-bond acceptors (Lipinski definition) is 6. The first-order valence-corrected chi connectivity index (χ1v) is 6.56. The van der Waals surface area contributed by atoms with Crippen molar-refractivity contribution in [2.24, 2.45) is 5.73 Å². The maximum atomic E-state index is 11.7. The van der Waals surface area contributed by atoms with Gasteiger partial charge in [-0.05, 0) is 20.8 Å². The zero-order valence-electron chi connectivity index (χ0n) is 12.8. The van der Waals surface area contributed by atoms with Gasteiger partial charge in [0.1, 0.15) is 11.6 Å². The van der Waals surface area contributed by atoms with Gasteiger partial charge in [-0.3, -0.25) is 9.59 Å². The Morgan fingerprint density at radius 3 is 2.19 bits per heavy atom. The Morgan fingerprint density at radius 2 is 1.81 bits per heavy atom. The summed E-state index contributed by atoms with van der Waals surface area (Å²) in [7, 11) is 1.40. The van der Waals surface area contributed by atoms with Crippen LogP contribution in [0.1, 0.15) is 33.6 Å². The van der Waals surface area contributed by atoms with E-state index in [1.165, 1.54) is 7.11 Å². The monoisotopic (exact) mass is 304 g/mol. The van der Waals surface area contributed by atoms with Crippen LogP contribution in [0.2, 0.25) is 0 Å². The van der Waals surface area contributed by atoms with Crippen molar-refractivity contribution in [3.63, 3.8) is 0 Å². The number of nitrogens with one attached hydrogen (secondary N) is 1. The molecule has 0 aliphatic carbocycles.